The Bertz CT molecular complexity index is 2800. The second-order valence-electron chi connectivity index (χ2n) is 18.8. The fraction of sp³-hybridized carbons (Fsp3) is 0.474. The Morgan fingerprint density at radius 3 is 1.66 bits per heavy atom. The van der Waals surface area contributed by atoms with Crippen LogP contribution in [0.2, 0.25) is 0 Å². The number of carboxylic acid groups (broad SMARTS) is 2. The average molecular weight is 1110 g/mol. The van der Waals surface area contributed by atoms with E-state index >= 15 is 0 Å². The Balaban J connectivity index is 0.000000270. The third-order valence-corrected chi connectivity index (χ3v) is 14.8. The molecule has 2 aromatic carbocycles. The summed E-state index contributed by atoms with van der Waals surface area (Å²) in [5.41, 5.74) is 9.47. The lowest BCUT2D eigenvalue weighted by Gasteiger charge is -2.22. The summed E-state index contributed by atoms with van der Waals surface area (Å²) in [6.45, 7) is 2.11. The molecule has 0 radical (unpaired) electrons. The highest BCUT2D eigenvalue weighted by Gasteiger charge is 2.21. The largest absolute Gasteiger partial charge is 0.478 e. The average Bonchev–Trinajstić information content (AvgIpc) is 3.40. The van der Waals surface area contributed by atoms with E-state index in [9.17, 15) is 34.0 Å². The number of nitrogens with one attached hydrogen (secondary N) is 2. The molecule has 3 fully saturated rings. The fourth-order valence-corrected chi connectivity index (χ4v) is 10.8. The molecule has 2 heterocycles. The van der Waals surface area contributed by atoms with Gasteiger partial charge < -0.3 is 30.7 Å². The second-order valence-corrected chi connectivity index (χ2v) is 21.1. The lowest BCUT2D eigenvalue weighted by Crippen LogP contribution is -2.16. The maximum absolute atomic E-state index is 12.1. The Morgan fingerprint density at radius 1 is 0.737 bits per heavy atom. The number of halogens is 1. The number of nitrogens with zero attached hydrogens (tertiary/aromatic N) is 3. The van der Waals surface area contributed by atoms with Gasteiger partial charge in [0.1, 0.15) is 24.3 Å². The molecule has 0 saturated heterocycles. The molecule has 4 aromatic rings. The van der Waals surface area contributed by atoms with E-state index in [1.54, 1.807) is 67.6 Å². The Kier molecular flexibility index (Phi) is 30.3. The zero-order chi connectivity index (χ0) is 55.8. The molecule has 0 aliphatic heterocycles. The molecule has 0 bridgehead atoms. The van der Waals surface area contributed by atoms with Gasteiger partial charge in [-0.25, -0.2) is 9.59 Å². The summed E-state index contributed by atoms with van der Waals surface area (Å²) in [5.74, 6) is 0.279. The zero-order valence-corrected chi connectivity index (χ0v) is 46.4. The third kappa shape index (κ3) is 24.6. The number of carbonyl (C=O) groups is 4. The van der Waals surface area contributed by atoms with Gasteiger partial charge in [0, 0.05) is 30.2 Å². The van der Waals surface area contributed by atoms with Crippen molar-refractivity contribution in [2.45, 2.75) is 157 Å². The number of aromatic nitrogens is 2. The van der Waals surface area contributed by atoms with Gasteiger partial charge in [-0.05, 0) is 84.0 Å². The van der Waals surface area contributed by atoms with Gasteiger partial charge in [0.25, 0.3) is 0 Å². The van der Waals surface area contributed by atoms with E-state index in [0.29, 0.717) is 63.6 Å². The van der Waals surface area contributed by atoms with Crippen molar-refractivity contribution < 1.29 is 34.1 Å². The van der Waals surface area contributed by atoms with Crippen molar-refractivity contribution in [3.05, 3.63) is 126 Å². The zero-order valence-electron chi connectivity index (χ0n) is 43.1. The van der Waals surface area contributed by atoms with E-state index in [4.69, 9.17) is 42.8 Å². The van der Waals surface area contributed by atoms with Gasteiger partial charge in [-0.2, -0.15) is 15.8 Å². The van der Waals surface area contributed by atoms with Gasteiger partial charge in [0.15, 0.2) is 0 Å². The van der Waals surface area contributed by atoms with Crippen molar-refractivity contribution in [1.82, 2.24) is 9.97 Å². The monoisotopic (exact) mass is 1110 g/mol. The molecule has 406 valence electrons. The summed E-state index contributed by atoms with van der Waals surface area (Å²) >= 11 is 15.4. The van der Waals surface area contributed by atoms with E-state index in [0.717, 1.165) is 60.8 Å². The van der Waals surface area contributed by atoms with Crippen LogP contribution in [-0.4, -0.2) is 55.5 Å². The first-order valence-corrected chi connectivity index (χ1v) is 28.0. The van der Waals surface area contributed by atoms with Crippen molar-refractivity contribution in [2.75, 3.05) is 6.61 Å². The van der Waals surface area contributed by atoms with Crippen molar-refractivity contribution >= 4 is 76.9 Å². The standard InChI is InChI=1S/C21H22N2O3S.C13H16N2OS.C12H20O3.C8H7ClO2.C3H4N2S/c22-12-18-17(9-14-5-2-1-3-6-14)11-19(24)23-20(18)27-13-15-7-4-8-16(10-15)21(25)26;14-8-11-10(7-12(16)15-13(11)17)6-9-4-2-1-3-5-9;1-2-15-12(14)9-11(13)8-10-6-4-3-5-7-10;9-5-6-2-1-3-7(4-6)8(10)11;4-2-1-3(5)6/h4,7-8,10-11,14H,1-3,5-6,9,13H2,(H,23,24)(H,25,26);7,9H,1-6H2,(H2,15,16,17);10H,2-9H2,1H3;1-4H,5H2,(H,10,11);1H2,(H2,5,6). The van der Waals surface area contributed by atoms with E-state index < -0.39 is 11.9 Å². The molecule has 19 heteroatoms. The molecule has 7 rings (SSSR count). The summed E-state index contributed by atoms with van der Waals surface area (Å²) in [5, 5.41) is 45.2. The van der Waals surface area contributed by atoms with Gasteiger partial charge in [0.05, 0.1) is 56.4 Å². The summed E-state index contributed by atoms with van der Waals surface area (Å²) in [6, 6.07) is 22.6. The number of carboxylic acids is 2. The number of nitrogens with two attached hydrogens (primary N) is 1. The van der Waals surface area contributed by atoms with Crippen molar-refractivity contribution in [3.8, 4) is 18.2 Å². The van der Waals surface area contributed by atoms with Crippen LogP contribution in [0.15, 0.2) is 80.3 Å². The predicted molar refractivity (Wildman–Crippen MR) is 302 cm³/mol. The van der Waals surface area contributed by atoms with E-state index in [1.807, 2.05) is 6.07 Å². The lowest BCUT2D eigenvalue weighted by molar-refractivity contribution is -0.145. The molecule has 3 aliphatic rings. The Hall–Kier alpha value is -6.23. The molecule has 2 aromatic heterocycles. The summed E-state index contributed by atoms with van der Waals surface area (Å²) in [6.07, 6.45) is 20.7. The van der Waals surface area contributed by atoms with Crippen LogP contribution in [-0.2, 0) is 38.8 Å². The number of H-pyrrole nitrogens is 2. The number of thioether (sulfide) groups is 1. The van der Waals surface area contributed by atoms with Gasteiger partial charge in [-0.3, -0.25) is 19.2 Å². The number of rotatable bonds is 16. The van der Waals surface area contributed by atoms with Gasteiger partial charge in [-0.15, -0.1) is 36.0 Å². The van der Waals surface area contributed by atoms with E-state index in [-0.39, 0.29) is 51.8 Å². The third-order valence-electron chi connectivity index (χ3n) is 12.9. The number of thiol groups is 1. The molecule has 0 atom stereocenters. The molecule has 3 aliphatic carbocycles. The Labute approximate surface area is 465 Å². The van der Waals surface area contributed by atoms with Crippen LogP contribution in [0.5, 0.6) is 0 Å². The lowest BCUT2D eigenvalue weighted by atomic mass is 9.84. The molecule has 0 spiro atoms. The summed E-state index contributed by atoms with van der Waals surface area (Å²) in [4.78, 5) is 73.2. The first-order valence-electron chi connectivity index (χ1n) is 25.7. The minimum absolute atomic E-state index is 0.0374. The van der Waals surface area contributed by atoms with E-state index in [1.165, 1.54) is 82.4 Å². The Morgan fingerprint density at radius 2 is 1.21 bits per heavy atom. The second kappa shape index (κ2) is 35.9. The molecule has 76 heavy (non-hydrogen) atoms. The first-order chi connectivity index (χ1) is 36.5. The van der Waals surface area contributed by atoms with Crippen molar-refractivity contribution in [2.24, 2.45) is 23.5 Å². The molecular formula is C57H69ClN6O9S3. The molecule has 0 amide bonds. The highest BCUT2D eigenvalue weighted by molar-refractivity contribution is 7.98. The SMILES string of the molecule is CCOC(=O)CC(=O)CC1CCCCC1.N#CCC(N)=S.N#Cc1c(CC2CCCCC2)cc(=O)[nH]c1S.N#Cc1c(CC2CCCCC2)cc(=O)[nH]c1SCc1cccc(C(=O)O)c1.O=C(O)c1cccc(CCl)c1. The van der Waals surface area contributed by atoms with Gasteiger partial charge in [-0.1, -0.05) is 133 Å². The number of ether oxygens (including phenoxy) is 1. The van der Waals surface area contributed by atoms with Crippen LogP contribution < -0.4 is 16.9 Å². The number of Topliss-reactive ketones (excluding diaryl/α,β-unsaturated/α-hetero) is 1. The number of benzene rings is 2. The minimum atomic E-state index is -0.970. The molecule has 0 unspecified atom stereocenters. The highest BCUT2D eigenvalue weighted by atomic mass is 35.5. The number of carbonyl (C=O) groups excluding carboxylic acids is 2. The number of hydrogen-bond donors (Lipinski definition) is 6. The summed E-state index contributed by atoms with van der Waals surface area (Å²) < 4.78 is 4.74. The van der Waals surface area contributed by atoms with Crippen LogP contribution in [0.3, 0.4) is 0 Å². The number of pyridine rings is 2. The number of aromatic carboxylic acids is 2. The number of hydrogen-bond acceptors (Lipinski definition) is 13. The van der Waals surface area contributed by atoms with Crippen LogP contribution in [0.4, 0.5) is 0 Å². The maximum Gasteiger partial charge on any atom is 0.335 e. The number of ketones is 1. The molecule has 6 N–H and O–H groups in total. The maximum atomic E-state index is 12.1. The number of thiocarbonyl (C=S) groups is 1. The fourth-order valence-electron chi connectivity index (χ4n) is 9.24. The van der Waals surface area contributed by atoms with Crippen LogP contribution in [0.1, 0.15) is 177 Å². The first kappa shape index (κ1) is 64.1. The van der Waals surface area contributed by atoms with E-state index in [2.05, 4.69) is 47.0 Å². The topological polar surface area (TPSA) is 281 Å². The molecule has 15 nitrogen and oxygen atoms in total. The van der Waals surface area contributed by atoms with Crippen LogP contribution >= 0.6 is 48.2 Å². The number of esters is 1. The highest BCUT2D eigenvalue weighted by Crippen LogP contribution is 2.32. The summed E-state index contributed by atoms with van der Waals surface area (Å²) in [7, 11) is 0. The predicted octanol–water partition coefficient (Wildman–Crippen LogP) is 11.8. The normalized spacial score (nSPS) is 14.3. The number of nitriles is 3. The molecular weight excluding hydrogens is 1040 g/mol. The van der Waals surface area contributed by atoms with Gasteiger partial charge >= 0.3 is 17.9 Å². The number of alkyl halides is 1. The minimum Gasteiger partial charge on any atom is -0.478 e. The van der Waals surface area contributed by atoms with Crippen LogP contribution in [0, 0.1) is 51.7 Å². The molecule has 3 saturated carbocycles. The smallest absolute Gasteiger partial charge is 0.335 e. The van der Waals surface area contributed by atoms with Crippen molar-refractivity contribution in [1.29, 1.82) is 15.8 Å². The van der Waals surface area contributed by atoms with Crippen LogP contribution in [0.25, 0.3) is 0 Å². The quantitative estimate of drug-likeness (QED) is 0.0152. The number of aromatic amines is 2. The van der Waals surface area contributed by atoms with Gasteiger partial charge in [0.2, 0.25) is 11.1 Å². The van der Waals surface area contributed by atoms with Crippen molar-refractivity contribution in [3.63, 3.8) is 0 Å².